The summed E-state index contributed by atoms with van der Waals surface area (Å²) in [5, 5.41) is 0. The third kappa shape index (κ3) is 2.00. The summed E-state index contributed by atoms with van der Waals surface area (Å²) < 4.78 is 4.60. The second kappa shape index (κ2) is 4.35. The largest absolute Gasteiger partial charge is 0.554 e. The van der Waals surface area contributed by atoms with Crippen LogP contribution in [0.1, 0.15) is 5.82 Å². The van der Waals surface area contributed by atoms with Crippen molar-refractivity contribution in [1.82, 2.24) is 9.97 Å². The molecule has 0 aromatic carbocycles. The number of hydrogen-bond acceptors (Lipinski definition) is 5. The molecule has 0 amide bonds. The number of rotatable bonds is 2. The highest BCUT2D eigenvalue weighted by Gasteiger charge is 2.10. The van der Waals surface area contributed by atoms with Crippen LogP contribution in [-0.2, 0) is 4.65 Å². The number of hydrogen-bond donors (Lipinski definition) is 0. The third-order valence-electron chi connectivity index (χ3n) is 1.65. The lowest BCUT2D eigenvalue weighted by atomic mass is 10.2. The minimum Gasteiger partial charge on any atom is -0.554 e. The van der Waals surface area contributed by atoms with Crippen molar-refractivity contribution in [3.8, 4) is 0 Å². The molecule has 2 heterocycles. The van der Waals surface area contributed by atoms with E-state index in [4.69, 9.17) is 8.05 Å². The van der Waals surface area contributed by atoms with Gasteiger partial charge in [0.05, 0.1) is 11.8 Å². The third-order valence-corrected chi connectivity index (χ3v) is 1.65. The average molecular weight is 196 g/mol. The Bertz CT molecular complexity index is 474. The summed E-state index contributed by atoms with van der Waals surface area (Å²) in [5.74, 6) is 3.16. The van der Waals surface area contributed by atoms with Crippen molar-refractivity contribution in [3.63, 3.8) is 0 Å². The van der Waals surface area contributed by atoms with Crippen molar-refractivity contribution >= 4 is 25.7 Å². The van der Waals surface area contributed by atoms with Crippen molar-refractivity contribution in [2.45, 2.75) is 0 Å². The minimum absolute atomic E-state index is 0.179. The van der Waals surface area contributed by atoms with Crippen molar-refractivity contribution in [2.75, 3.05) is 0 Å². The van der Waals surface area contributed by atoms with Gasteiger partial charge in [0.25, 0.3) is 0 Å². The summed E-state index contributed by atoms with van der Waals surface area (Å²) in [4.78, 5) is 15.8. The fraction of sp³-hybridized carbons (Fsp3) is 0. The molecule has 1 aliphatic heterocycles. The number of aliphatic imine (C=N–C) groups is 2. The van der Waals surface area contributed by atoms with Gasteiger partial charge in [0.1, 0.15) is 0 Å². The molecule has 2 radical (unpaired) electrons. The van der Waals surface area contributed by atoms with Crippen molar-refractivity contribution < 1.29 is 4.65 Å². The maximum atomic E-state index is 5.08. The number of aromatic nitrogens is 2. The summed E-state index contributed by atoms with van der Waals surface area (Å²) in [5.41, 5.74) is 0.513. The molecule has 0 bridgehead atoms. The van der Waals surface area contributed by atoms with E-state index in [0.717, 1.165) is 0 Å². The second-order valence-corrected chi connectivity index (χ2v) is 2.56. The number of nitrogens with zero attached hydrogens (tertiary/aromatic N) is 4. The molecule has 70 valence electrons. The molecular formula is C9H5BN4O. The zero-order valence-corrected chi connectivity index (χ0v) is 7.66. The Balaban J connectivity index is 2.52. The quantitative estimate of drug-likeness (QED) is 0.647. The molecule has 0 saturated heterocycles. The van der Waals surface area contributed by atoms with E-state index in [2.05, 4.69) is 30.5 Å². The van der Waals surface area contributed by atoms with Crippen LogP contribution in [0.25, 0.3) is 5.57 Å². The van der Waals surface area contributed by atoms with E-state index >= 15 is 0 Å². The zero-order chi connectivity index (χ0) is 10.5. The van der Waals surface area contributed by atoms with Gasteiger partial charge >= 0.3 is 8.05 Å². The van der Waals surface area contributed by atoms with E-state index in [-0.39, 0.29) is 5.88 Å². The topological polar surface area (TPSA) is 59.7 Å². The predicted molar refractivity (Wildman–Crippen MR) is 56.3 cm³/mol. The normalized spacial score (nSPS) is 14.1. The molecule has 1 aromatic heterocycles. The molecule has 15 heavy (non-hydrogen) atoms. The SMILES string of the molecule is [B]OC1=C(c2ncccn2)C=NC=C=N1. The Morgan fingerprint density at radius 2 is 2.07 bits per heavy atom. The van der Waals surface area contributed by atoms with Gasteiger partial charge in [0.2, 0.25) is 5.88 Å². The van der Waals surface area contributed by atoms with Crippen LogP contribution in [0.3, 0.4) is 0 Å². The van der Waals surface area contributed by atoms with Crippen LogP contribution >= 0.6 is 0 Å². The van der Waals surface area contributed by atoms with Crippen molar-refractivity contribution in [1.29, 1.82) is 0 Å². The zero-order valence-electron chi connectivity index (χ0n) is 7.66. The van der Waals surface area contributed by atoms with Crippen LogP contribution in [0.15, 0.2) is 40.5 Å². The van der Waals surface area contributed by atoms with E-state index in [1.165, 1.54) is 12.4 Å². The Kier molecular flexibility index (Phi) is 2.71. The molecule has 0 unspecified atom stereocenters. The first-order chi connectivity index (χ1) is 7.42. The maximum absolute atomic E-state index is 5.08. The minimum atomic E-state index is 0.179. The Morgan fingerprint density at radius 1 is 1.27 bits per heavy atom. The summed E-state index contributed by atoms with van der Waals surface area (Å²) in [7, 11) is 5.08. The molecule has 1 aliphatic rings. The van der Waals surface area contributed by atoms with E-state index in [1.807, 2.05) is 0 Å². The smallest absolute Gasteiger partial charge is 0.376 e. The van der Waals surface area contributed by atoms with Gasteiger partial charge in [-0.05, 0) is 6.07 Å². The van der Waals surface area contributed by atoms with Crippen LogP contribution in [0.5, 0.6) is 0 Å². The molecule has 0 spiro atoms. The molecule has 6 heteroatoms. The summed E-state index contributed by atoms with van der Waals surface area (Å²) in [6.07, 6.45) is 6.13. The van der Waals surface area contributed by atoms with Crippen LogP contribution in [0, 0.1) is 0 Å². The van der Waals surface area contributed by atoms with Gasteiger partial charge in [-0.1, -0.05) is 0 Å². The Morgan fingerprint density at radius 3 is 2.80 bits per heavy atom. The first-order valence-corrected chi connectivity index (χ1v) is 4.11. The Labute approximate surface area is 87.4 Å². The monoisotopic (exact) mass is 196 g/mol. The lowest BCUT2D eigenvalue weighted by molar-refractivity contribution is 0.469. The van der Waals surface area contributed by atoms with Gasteiger partial charge in [-0.25, -0.2) is 9.97 Å². The number of allylic oxidation sites excluding steroid dienone is 1. The molecule has 0 fully saturated rings. The molecule has 0 N–H and O–H groups in total. The summed E-state index contributed by atoms with van der Waals surface area (Å²) in [6.45, 7) is 0. The second-order valence-electron chi connectivity index (χ2n) is 2.56. The van der Waals surface area contributed by atoms with Crippen molar-refractivity contribution in [2.24, 2.45) is 9.98 Å². The van der Waals surface area contributed by atoms with E-state index in [9.17, 15) is 0 Å². The van der Waals surface area contributed by atoms with Gasteiger partial charge in [0, 0.05) is 24.5 Å². The molecule has 5 nitrogen and oxygen atoms in total. The molecule has 1 aromatic rings. The van der Waals surface area contributed by atoms with Crippen LogP contribution < -0.4 is 0 Å². The summed E-state index contributed by atoms with van der Waals surface area (Å²) >= 11 is 0. The summed E-state index contributed by atoms with van der Waals surface area (Å²) in [6, 6.07) is 1.71. The standard InChI is InChI=1S/C9H5BN4O/c10-15-9-7(6-11-4-5-14-9)8-12-2-1-3-13-8/h1-4,6H. The fourth-order valence-electron chi connectivity index (χ4n) is 1.03. The first kappa shape index (κ1) is 9.36. The Hall–Kier alpha value is -2.20. The van der Waals surface area contributed by atoms with Gasteiger partial charge in [0.15, 0.2) is 5.82 Å². The molecule has 0 atom stereocenters. The predicted octanol–water partition coefficient (Wildman–Crippen LogP) is 0.513. The van der Waals surface area contributed by atoms with Crippen LogP contribution in [-0.4, -0.2) is 30.1 Å². The molecule has 0 saturated carbocycles. The van der Waals surface area contributed by atoms with Gasteiger partial charge in [-0.3, -0.25) is 4.99 Å². The van der Waals surface area contributed by atoms with E-state index in [0.29, 0.717) is 11.4 Å². The van der Waals surface area contributed by atoms with E-state index in [1.54, 1.807) is 18.5 Å². The lowest BCUT2D eigenvalue weighted by Crippen LogP contribution is -1.98. The maximum Gasteiger partial charge on any atom is 0.376 e. The highest BCUT2D eigenvalue weighted by atomic mass is 16.4. The fourth-order valence-corrected chi connectivity index (χ4v) is 1.03. The van der Waals surface area contributed by atoms with Crippen LogP contribution in [0.4, 0.5) is 0 Å². The van der Waals surface area contributed by atoms with Gasteiger partial charge in [-0.2, -0.15) is 4.99 Å². The molecule has 0 aliphatic carbocycles. The van der Waals surface area contributed by atoms with Gasteiger partial charge in [-0.15, -0.1) is 0 Å². The molecular weight excluding hydrogens is 191 g/mol. The highest BCUT2D eigenvalue weighted by molar-refractivity contribution is 6.11. The molecule has 2 rings (SSSR count). The first-order valence-electron chi connectivity index (χ1n) is 4.11. The van der Waals surface area contributed by atoms with Crippen LogP contribution in [0.2, 0.25) is 0 Å². The van der Waals surface area contributed by atoms with Gasteiger partial charge < -0.3 is 4.65 Å². The van der Waals surface area contributed by atoms with E-state index < -0.39 is 0 Å². The lowest BCUT2D eigenvalue weighted by Gasteiger charge is -2.03. The highest BCUT2D eigenvalue weighted by Crippen LogP contribution is 2.14. The average Bonchev–Trinajstić information content (AvgIpc) is 2.55. The van der Waals surface area contributed by atoms with Crippen molar-refractivity contribution in [3.05, 3.63) is 36.4 Å².